The van der Waals surface area contributed by atoms with E-state index in [0.717, 1.165) is 23.4 Å². The van der Waals surface area contributed by atoms with E-state index in [1.54, 1.807) is 4.90 Å². The van der Waals surface area contributed by atoms with Gasteiger partial charge in [0.1, 0.15) is 5.75 Å². The number of carbonyl (C=O) groups is 1. The molecule has 1 aromatic heterocycles. The third kappa shape index (κ3) is 5.46. The highest BCUT2D eigenvalue weighted by Gasteiger charge is 2.11. The van der Waals surface area contributed by atoms with E-state index in [2.05, 4.69) is 30.2 Å². The van der Waals surface area contributed by atoms with Crippen molar-refractivity contribution in [2.45, 2.75) is 33.4 Å². The van der Waals surface area contributed by atoms with Crippen LogP contribution in [0.5, 0.6) is 5.75 Å². The molecule has 0 spiro atoms. The normalized spacial score (nSPS) is 10.7. The molecule has 0 atom stereocenters. The summed E-state index contributed by atoms with van der Waals surface area (Å²) in [4.78, 5) is 14.1. The zero-order valence-corrected chi connectivity index (χ0v) is 16.8. The Morgan fingerprint density at radius 3 is 2.64 bits per heavy atom. The van der Waals surface area contributed by atoms with Crippen molar-refractivity contribution in [2.75, 3.05) is 13.7 Å². The summed E-state index contributed by atoms with van der Waals surface area (Å²) in [5.41, 5.74) is 4.51. The van der Waals surface area contributed by atoms with Crippen LogP contribution in [0.15, 0.2) is 60.9 Å². The van der Waals surface area contributed by atoms with Gasteiger partial charge in [0.25, 0.3) is 0 Å². The van der Waals surface area contributed by atoms with E-state index >= 15 is 0 Å². The molecule has 0 N–H and O–H groups in total. The molecule has 0 fully saturated rings. The number of aryl methyl sites for hydroxylation is 2. The fraction of sp³-hybridized carbons (Fsp3) is 0.304. The highest BCUT2D eigenvalue weighted by molar-refractivity contribution is 5.76. The molecule has 0 aliphatic carbocycles. The smallest absolute Gasteiger partial charge is 0.226 e. The first-order chi connectivity index (χ1) is 13.5. The maximum absolute atomic E-state index is 12.4. The zero-order valence-electron chi connectivity index (χ0n) is 16.8. The highest BCUT2D eigenvalue weighted by atomic mass is 16.5. The highest BCUT2D eigenvalue weighted by Crippen LogP contribution is 2.19. The van der Waals surface area contributed by atoms with Crippen molar-refractivity contribution in [3.8, 4) is 5.75 Å². The van der Waals surface area contributed by atoms with Gasteiger partial charge < -0.3 is 9.64 Å². The second kappa shape index (κ2) is 9.22. The molecule has 3 rings (SSSR count). The van der Waals surface area contributed by atoms with Crippen molar-refractivity contribution in [1.29, 1.82) is 0 Å². The van der Waals surface area contributed by atoms with E-state index in [-0.39, 0.29) is 5.91 Å². The second-order valence-corrected chi connectivity index (χ2v) is 7.15. The van der Waals surface area contributed by atoms with Crippen LogP contribution in [0, 0.1) is 13.8 Å². The molecular weight excluding hydrogens is 350 g/mol. The molecule has 5 heteroatoms. The molecule has 0 aliphatic heterocycles. The Labute approximate surface area is 166 Å². The Balaban J connectivity index is 1.46. The Morgan fingerprint density at radius 2 is 1.89 bits per heavy atom. The topological polar surface area (TPSA) is 47.4 Å². The Kier molecular flexibility index (Phi) is 6.48. The summed E-state index contributed by atoms with van der Waals surface area (Å²) < 4.78 is 7.66. The SMILES string of the molecule is Cc1ccc(OCCC(=O)N(C)Cc2cnn(Cc3ccccc3)c2)c(C)c1. The van der Waals surface area contributed by atoms with Gasteiger partial charge in [-0.15, -0.1) is 0 Å². The third-order valence-corrected chi connectivity index (χ3v) is 4.62. The van der Waals surface area contributed by atoms with Gasteiger partial charge in [0.2, 0.25) is 5.91 Å². The van der Waals surface area contributed by atoms with Gasteiger partial charge in [0.15, 0.2) is 0 Å². The maximum Gasteiger partial charge on any atom is 0.226 e. The molecule has 2 aromatic carbocycles. The van der Waals surface area contributed by atoms with Crippen molar-refractivity contribution >= 4 is 5.91 Å². The fourth-order valence-corrected chi connectivity index (χ4v) is 3.11. The minimum Gasteiger partial charge on any atom is -0.493 e. The number of amides is 1. The molecule has 0 bridgehead atoms. The summed E-state index contributed by atoms with van der Waals surface area (Å²) in [7, 11) is 1.81. The van der Waals surface area contributed by atoms with Gasteiger partial charge in [-0.1, -0.05) is 48.0 Å². The van der Waals surface area contributed by atoms with E-state index in [1.807, 2.05) is 61.4 Å². The van der Waals surface area contributed by atoms with Gasteiger partial charge in [-0.25, -0.2) is 0 Å². The first kappa shape index (κ1) is 19.7. The molecule has 0 aliphatic rings. The number of hydrogen-bond donors (Lipinski definition) is 0. The van der Waals surface area contributed by atoms with Gasteiger partial charge in [-0.3, -0.25) is 9.48 Å². The van der Waals surface area contributed by atoms with Crippen LogP contribution in [-0.2, 0) is 17.9 Å². The van der Waals surface area contributed by atoms with Crippen LogP contribution in [0.1, 0.15) is 28.7 Å². The molecule has 1 amide bonds. The Bertz CT molecular complexity index is 919. The third-order valence-electron chi connectivity index (χ3n) is 4.62. The predicted octanol–water partition coefficient (Wildman–Crippen LogP) is 3.98. The van der Waals surface area contributed by atoms with Crippen LogP contribution in [0.25, 0.3) is 0 Å². The van der Waals surface area contributed by atoms with Gasteiger partial charge in [0, 0.05) is 25.4 Å². The summed E-state index contributed by atoms with van der Waals surface area (Å²) in [6.07, 6.45) is 4.16. The molecule has 28 heavy (non-hydrogen) atoms. The first-order valence-corrected chi connectivity index (χ1v) is 9.50. The van der Waals surface area contributed by atoms with Crippen molar-refractivity contribution in [3.63, 3.8) is 0 Å². The van der Waals surface area contributed by atoms with Crippen LogP contribution >= 0.6 is 0 Å². The van der Waals surface area contributed by atoms with Gasteiger partial charge >= 0.3 is 0 Å². The lowest BCUT2D eigenvalue weighted by molar-refractivity contribution is -0.130. The number of carbonyl (C=O) groups excluding carboxylic acids is 1. The molecular formula is C23H27N3O2. The van der Waals surface area contributed by atoms with Crippen LogP contribution in [0.3, 0.4) is 0 Å². The average molecular weight is 377 g/mol. The molecule has 5 nitrogen and oxygen atoms in total. The fourth-order valence-electron chi connectivity index (χ4n) is 3.11. The number of hydrogen-bond acceptors (Lipinski definition) is 3. The van der Waals surface area contributed by atoms with E-state index in [0.29, 0.717) is 19.6 Å². The van der Waals surface area contributed by atoms with Crippen LogP contribution in [0.2, 0.25) is 0 Å². The lowest BCUT2D eigenvalue weighted by Gasteiger charge is -2.17. The van der Waals surface area contributed by atoms with E-state index in [1.165, 1.54) is 11.1 Å². The number of ether oxygens (including phenoxy) is 1. The average Bonchev–Trinajstić information content (AvgIpc) is 3.11. The number of rotatable bonds is 8. The molecule has 0 unspecified atom stereocenters. The molecule has 1 heterocycles. The second-order valence-electron chi connectivity index (χ2n) is 7.15. The Hall–Kier alpha value is -3.08. The van der Waals surface area contributed by atoms with E-state index in [4.69, 9.17) is 4.74 Å². The number of benzene rings is 2. The molecule has 146 valence electrons. The Morgan fingerprint density at radius 1 is 1.11 bits per heavy atom. The molecule has 3 aromatic rings. The number of nitrogens with zero attached hydrogens (tertiary/aromatic N) is 3. The quantitative estimate of drug-likeness (QED) is 0.597. The zero-order chi connectivity index (χ0) is 19.9. The van der Waals surface area contributed by atoms with E-state index < -0.39 is 0 Å². The minimum atomic E-state index is 0.0561. The van der Waals surface area contributed by atoms with Crippen LogP contribution < -0.4 is 4.74 Å². The van der Waals surface area contributed by atoms with Gasteiger partial charge in [0.05, 0.1) is 25.8 Å². The lowest BCUT2D eigenvalue weighted by atomic mass is 10.1. The minimum absolute atomic E-state index is 0.0561. The summed E-state index contributed by atoms with van der Waals surface area (Å²) in [6.45, 7) is 5.71. The molecule has 0 radical (unpaired) electrons. The monoisotopic (exact) mass is 377 g/mol. The van der Waals surface area contributed by atoms with Crippen molar-refractivity contribution < 1.29 is 9.53 Å². The van der Waals surface area contributed by atoms with Crippen molar-refractivity contribution in [2.24, 2.45) is 0 Å². The van der Waals surface area contributed by atoms with Gasteiger partial charge in [-0.05, 0) is 31.0 Å². The predicted molar refractivity (Wildman–Crippen MR) is 110 cm³/mol. The summed E-state index contributed by atoms with van der Waals surface area (Å²) in [5, 5.41) is 4.40. The van der Waals surface area contributed by atoms with Crippen molar-refractivity contribution in [3.05, 3.63) is 83.2 Å². The number of aromatic nitrogens is 2. The van der Waals surface area contributed by atoms with Crippen LogP contribution in [-0.4, -0.2) is 34.2 Å². The largest absolute Gasteiger partial charge is 0.493 e. The van der Waals surface area contributed by atoms with Crippen LogP contribution in [0.4, 0.5) is 0 Å². The van der Waals surface area contributed by atoms with Crippen molar-refractivity contribution in [1.82, 2.24) is 14.7 Å². The van der Waals surface area contributed by atoms with Gasteiger partial charge in [-0.2, -0.15) is 5.10 Å². The maximum atomic E-state index is 12.4. The van der Waals surface area contributed by atoms with E-state index in [9.17, 15) is 4.79 Å². The molecule has 0 saturated carbocycles. The summed E-state index contributed by atoms with van der Waals surface area (Å²) in [5.74, 6) is 0.892. The molecule has 0 saturated heterocycles. The summed E-state index contributed by atoms with van der Waals surface area (Å²) >= 11 is 0. The standard InChI is InChI=1S/C23H27N3O2/c1-18-9-10-22(19(2)13-18)28-12-11-23(27)25(3)15-21-14-24-26(17-21)16-20-7-5-4-6-8-20/h4-10,13-14,17H,11-12,15-16H2,1-3H3. The lowest BCUT2D eigenvalue weighted by Crippen LogP contribution is -2.27. The first-order valence-electron chi connectivity index (χ1n) is 9.50. The summed E-state index contributed by atoms with van der Waals surface area (Å²) in [6, 6.07) is 16.3.